The van der Waals surface area contributed by atoms with Crippen LogP contribution in [0, 0.1) is 5.92 Å². The Morgan fingerprint density at radius 1 is 1.47 bits per heavy atom. The quantitative estimate of drug-likeness (QED) is 0.665. The van der Waals surface area contributed by atoms with E-state index in [-0.39, 0.29) is 0 Å². The lowest BCUT2D eigenvalue weighted by Gasteiger charge is -2.30. The fraction of sp³-hybridized carbons (Fsp3) is 1.00. The van der Waals surface area contributed by atoms with Crippen LogP contribution in [0.15, 0.2) is 0 Å². The molecule has 0 aliphatic heterocycles. The van der Waals surface area contributed by atoms with Crippen LogP contribution in [0.2, 0.25) is 0 Å². The van der Waals surface area contributed by atoms with Crippen molar-refractivity contribution < 1.29 is 5.11 Å². The number of nitrogens with one attached hydrogen (secondary N) is 1. The van der Waals surface area contributed by atoms with Gasteiger partial charge in [-0.25, -0.2) is 0 Å². The molecule has 0 heterocycles. The van der Waals surface area contributed by atoms with Crippen LogP contribution < -0.4 is 5.32 Å². The average molecular weight is 214 g/mol. The molecular weight excluding hydrogens is 188 g/mol. The van der Waals surface area contributed by atoms with Gasteiger partial charge in [0, 0.05) is 25.7 Å². The van der Waals surface area contributed by atoms with Crippen LogP contribution in [-0.4, -0.2) is 48.3 Å². The molecule has 1 aliphatic carbocycles. The predicted octanol–water partition coefficient (Wildman–Crippen LogP) is 1.08. The Balaban J connectivity index is 2.20. The van der Waals surface area contributed by atoms with Crippen molar-refractivity contribution >= 4 is 0 Å². The number of rotatable bonds is 7. The van der Waals surface area contributed by atoms with E-state index in [0.717, 1.165) is 19.0 Å². The normalized spacial score (nSPS) is 21.0. The summed E-state index contributed by atoms with van der Waals surface area (Å²) < 4.78 is 0. The molecule has 0 aromatic carbocycles. The second-order valence-electron chi connectivity index (χ2n) is 5.67. The molecule has 1 unspecified atom stereocenters. The van der Waals surface area contributed by atoms with E-state index in [9.17, 15) is 5.11 Å². The highest BCUT2D eigenvalue weighted by Gasteiger charge is 2.27. The topological polar surface area (TPSA) is 35.5 Å². The molecule has 0 saturated heterocycles. The maximum Gasteiger partial charge on any atom is 0.0869 e. The largest absolute Gasteiger partial charge is 0.388 e. The smallest absolute Gasteiger partial charge is 0.0869 e. The Kier molecular flexibility index (Phi) is 4.56. The summed E-state index contributed by atoms with van der Waals surface area (Å²) in [6.45, 7) is 8.67. The molecule has 3 heteroatoms. The highest BCUT2D eigenvalue weighted by molar-refractivity contribution is 4.83. The maximum absolute atomic E-state index is 10.2. The summed E-state index contributed by atoms with van der Waals surface area (Å²) >= 11 is 0. The van der Waals surface area contributed by atoms with Crippen LogP contribution in [0.3, 0.4) is 0 Å². The van der Waals surface area contributed by atoms with E-state index in [1.165, 1.54) is 12.8 Å². The lowest BCUT2D eigenvalue weighted by atomic mass is 10.1. The first-order valence-electron chi connectivity index (χ1n) is 6.03. The third kappa shape index (κ3) is 6.13. The zero-order valence-electron chi connectivity index (χ0n) is 10.6. The van der Waals surface area contributed by atoms with E-state index in [2.05, 4.69) is 31.1 Å². The van der Waals surface area contributed by atoms with Crippen molar-refractivity contribution in [3.8, 4) is 0 Å². The SMILES string of the molecule is CC(C)NCC(C)(O)CN(C)CC1CC1. The Morgan fingerprint density at radius 2 is 2.07 bits per heavy atom. The Morgan fingerprint density at radius 3 is 2.53 bits per heavy atom. The van der Waals surface area contributed by atoms with E-state index in [1.54, 1.807) is 0 Å². The summed E-state index contributed by atoms with van der Waals surface area (Å²) in [5, 5.41) is 13.4. The molecule has 0 aromatic heterocycles. The molecule has 90 valence electrons. The molecular formula is C12H26N2O. The van der Waals surface area contributed by atoms with E-state index in [0.29, 0.717) is 12.6 Å². The third-order valence-electron chi connectivity index (χ3n) is 2.77. The summed E-state index contributed by atoms with van der Waals surface area (Å²) in [5.74, 6) is 0.892. The van der Waals surface area contributed by atoms with E-state index in [4.69, 9.17) is 0 Å². The Labute approximate surface area is 93.9 Å². The van der Waals surface area contributed by atoms with Gasteiger partial charge in [-0.3, -0.25) is 0 Å². The van der Waals surface area contributed by atoms with Crippen LogP contribution >= 0.6 is 0 Å². The van der Waals surface area contributed by atoms with Gasteiger partial charge in [0.05, 0.1) is 5.60 Å². The molecule has 3 nitrogen and oxygen atoms in total. The van der Waals surface area contributed by atoms with Crippen molar-refractivity contribution in [1.29, 1.82) is 0 Å². The zero-order chi connectivity index (χ0) is 11.5. The van der Waals surface area contributed by atoms with Gasteiger partial charge in [0.2, 0.25) is 0 Å². The molecule has 1 rings (SSSR count). The fourth-order valence-electron chi connectivity index (χ4n) is 1.87. The number of nitrogens with zero attached hydrogens (tertiary/aromatic N) is 1. The minimum Gasteiger partial charge on any atom is -0.388 e. The molecule has 0 bridgehead atoms. The van der Waals surface area contributed by atoms with Gasteiger partial charge in [-0.15, -0.1) is 0 Å². The van der Waals surface area contributed by atoms with Gasteiger partial charge in [0.15, 0.2) is 0 Å². The van der Waals surface area contributed by atoms with Gasteiger partial charge in [-0.05, 0) is 32.7 Å². The lowest BCUT2D eigenvalue weighted by Crippen LogP contribution is -2.48. The number of hydrogen-bond acceptors (Lipinski definition) is 3. The fourth-order valence-corrected chi connectivity index (χ4v) is 1.87. The second-order valence-corrected chi connectivity index (χ2v) is 5.67. The van der Waals surface area contributed by atoms with Crippen molar-refractivity contribution in [1.82, 2.24) is 10.2 Å². The minimum absolute atomic E-state index is 0.435. The van der Waals surface area contributed by atoms with Gasteiger partial charge >= 0.3 is 0 Å². The van der Waals surface area contributed by atoms with Crippen LogP contribution in [0.4, 0.5) is 0 Å². The molecule has 15 heavy (non-hydrogen) atoms. The van der Waals surface area contributed by atoms with Crippen molar-refractivity contribution in [3.63, 3.8) is 0 Å². The van der Waals surface area contributed by atoms with Crippen LogP contribution in [0.25, 0.3) is 0 Å². The van der Waals surface area contributed by atoms with E-state index >= 15 is 0 Å². The number of likely N-dealkylation sites (N-methyl/N-ethyl adjacent to an activating group) is 1. The first-order valence-corrected chi connectivity index (χ1v) is 6.03. The highest BCUT2D eigenvalue weighted by Crippen LogP contribution is 2.29. The van der Waals surface area contributed by atoms with Crippen molar-refractivity contribution in [3.05, 3.63) is 0 Å². The summed E-state index contributed by atoms with van der Waals surface area (Å²) in [6, 6.07) is 0.435. The Hall–Kier alpha value is -0.120. The van der Waals surface area contributed by atoms with Crippen molar-refractivity contribution in [2.24, 2.45) is 5.92 Å². The standard InChI is InChI=1S/C12H26N2O/c1-10(2)13-8-12(3,15)9-14(4)7-11-5-6-11/h10-11,13,15H,5-9H2,1-4H3. The second kappa shape index (κ2) is 5.28. The van der Waals surface area contributed by atoms with Crippen molar-refractivity contribution in [2.45, 2.75) is 45.3 Å². The van der Waals surface area contributed by atoms with E-state index in [1.807, 2.05) is 6.92 Å². The first-order chi connectivity index (χ1) is 6.89. The molecule has 1 saturated carbocycles. The van der Waals surface area contributed by atoms with Crippen LogP contribution in [-0.2, 0) is 0 Å². The highest BCUT2D eigenvalue weighted by atomic mass is 16.3. The molecule has 0 amide bonds. The molecule has 0 spiro atoms. The number of hydrogen-bond donors (Lipinski definition) is 2. The van der Waals surface area contributed by atoms with Gasteiger partial charge in [-0.2, -0.15) is 0 Å². The summed E-state index contributed by atoms with van der Waals surface area (Å²) in [6.07, 6.45) is 2.74. The summed E-state index contributed by atoms with van der Waals surface area (Å²) in [7, 11) is 2.10. The van der Waals surface area contributed by atoms with Crippen LogP contribution in [0.5, 0.6) is 0 Å². The number of aliphatic hydroxyl groups is 1. The van der Waals surface area contributed by atoms with E-state index < -0.39 is 5.60 Å². The molecule has 0 radical (unpaired) electrons. The van der Waals surface area contributed by atoms with Crippen LogP contribution in [0.1, 0.15) is 33.6 Å². The predicted molar refractivity (Wildman–Crippen MR) is 64.0 cm³/mol. The first kappa shape index (κ1) is 12.9. The van der Waals surface area contributed by atoms with Gasteiger partial charge in [-0.1, -0.05) is 13.8 Å². The maximum atomic E-state index is 10.2. The minimum atomic E-state index is -0.617. The summed E-state index contributed by atoms with van der Waals surface area (Å²) in [4.78, 5) is 2.25. The molecule has 0 aromatic rings. The monoisotopic (exact) mass is 214 g/mol. The van der Waals surface area contributed by atoms with Crippen molar-refractivity contribution in [2.75, 3.05) is 26.7 Å². The summed E-state index contributed by atoms with van der Waals surface area (Å²) in [5.41, 5.74) is -0.617. The third-order valence-corrected chi connectivity index (χ3v) is 2.77. The van der Waals surface area contributed by atoms with Gasteiger partial charge < -0.3 is 15.3 Å². The molecule has 2 N–H and O–H groups in total. The van der Waals surface area contributed by atoms with Gasteiger partial charge in [0.1, 0.15) is 0 Å². The average Bonchev–Trinajstić information content (AvgIpc) is 2.83. The molecule has 1 fully saturated rings. The zero-order valence-corrected chi connectivity index (χ0v) is 10.6. The lowest BCUT2D eigenvalue weighted by molar-refractivity contribution is 0.0249. The molecule has 1 aliphatic rings. The van der Waals surface area contributed by atoms with Gasteiger partial charge in [0.25, 0.3) is 0 Å². The molecule has 1 atom stereocenters. The Bertz CT molecular complexity index is 188.